The van der Waals surface area contributed by atoms with Crippen molar-refractivity contribution in [3.8, 4) is 11.3 Å². The zero-order chi connectivity index (χ0) is 24.7. The minimum absolute atomic E-state index is 0.199. The van der Waals surface area contributed by atoms with E-state index in [1.807, 2.05) is 31.2 Å². The van der Waals surface area contributed by atoms with Crippen LogP contribution in [0.5, 0.6) is 0 Å². The van der Waals surface area contributed by atoms with E-state index in [-0.39, 0.29) is 17.3 Å². The predicted octanol–water partition coefficient (Wildman–Crippen LogP) is 4.76. The second-order valence-electron chi connectivity index (χ2n) is 7.82. The number of aryl methyl sites for hydroxylation is 1. The molecule has 0 saturated carbocycles. The van der Waals surface area contributed by atoms with Crippen molar-refractivity contribution in [1.29, 1.82) is 0 Å². The van der Waals surface area contributed by atoms with E-state index >= 15 is 0 Å². The van der Waals surface area contributed by atoms with Crippen molar-refractivity contribution in [2.75, 3.05) is 5.32 Å². The monoisotopic (exact) mass is 480 g/mol. The lowest BCUT2D eigenvalue weighted by molar-refractivity contribution is 0.102. The van der Waals surface area contributed by atoms with Crippen LogP contribution in [0.4, 0.5) is 23.2 Å². The Morgan fingerprint density at radius 1 is 0.971 bits per heavy atom. The average molecular weight is 480 g/mol. The number of fused-ring (bicyclic) bond motifs is 1. The van der Waals surface area contributed by atoms with Gasteiger partial charge < -0.3 is 5.32 Å². The van der Waals surface area contributed by atoms with E-state index in [9.17, 15) is 22.4 Å². The molecule has 5 aromatic rings. The molecule has 5 rings (SSSR count). The zero-order valence-corrected chi connectivity index (χ0v) is 18.1. The summed E-state index contributed by atoms with van der Waals surface area (Å²) in [6.45, 7) is 1.47. The molecule has 0 unspecified atom stereocenters. The van der Waals surface area contributed by atoms with Gasteiger partial charge in [0, 0.05) is 29.6 Å². The highest BCUT2D eigenvalue weighted by Crippen LogP contribution is 2.23. The predicted molar refractivity (Wildman–Crippen MR) is 119 cm³/mol. The topological polar surface area (TPSA) is 77.1 Å². The molecule has 11 heteroatoms. The summed E-state index contributed by atoms with van der Waals surface area (Å²) in [6, 6.07) is 9.87. The molecular weight excluding hydrogens is 464 g/mol. The van der Waals surface area contributed by atoms with Crippen molar-refractivity contribution < 1.29 is 22.4 Å². The number of halogens is 4. The van der Waals surface area contributed by atoms with E-state index in [2.05, 4.69) is 20.5 Å². The molecule has 2 aromatic carbocycles. The van der Waals surface area contributed by atoms with Crippen LogP contribution in [0.3, 0.4) is 0 Å². The molecule has 3 heterocycles. The maximum Gasteiger partial charge on any atom is 0.261 e. The molecule has 0 bridgehead atoms. The van der Waals surface area contributed by atoms with E-state index in [1.54, 1.807) is 16.8 Å². The van der Waals surface area contributed by atoms with Gasteiger partial charge in [0.25, 0.3) is 5.91 Å². The number of hydrogen-bond acceptors (Lipinski definition) is 4. The van der Waals surface area contributed by atoms with E-state index < -0.39 is 41.3 Å². The number of carbonyl (C=O) groups is 1. The number of hydrogen-bond donors (Lipinski definition) is 1. The summed E-state index contributed by atoms with van der Waals surface area (Å²) >= 11 is 0. The van der Waals surface area contributed by atoms with Gasteiger partial charge in [-0.3, -0.25) is 9.48 Å². The smallest absolute Gasteiger partial charge is 0.261 e. The van der Waals surface area contributed by atoms with Crippen molar-refractivity contribution in [2.45, 2.75) is 13.5 Å². The van der Waals surface area contributed by atoms with Crippen LogP contribution in [0.15, 0.2) is 61.2 Å². The number of carbonyl (C=O) groups excluding carboxylic acids is 1. The van der Waals surface area contributed by atoms with Crippen molar-refractivity contribution in [3.05, 3.63) is 101 Å². The normalized spacial score (nSPS) is 11.2. The fraction of sp³-hybridized carbons (Fsp3) is 0.0833. The fourth-order valence-corrected chi connectivity index (χ4v) is 3.62. The molecule has 1 N–H and O–H groups in total. The minimum atomic E-state index is -1.77. The molecule has 0 saturated heterocycles. The third kappa shape index (κ3) is 4.12. The number of anilines is 1. The largest absolute Gasteiger partial charge is 0.319 e. The number of aromatic nitrogens is 5. The summed E-state index contributed by atoms with van der Waals surface area (Å²) in [4.78, 5) is 17.2. The third-order valence-electron chi connectivity index (χ3n) is 5.41. The van der Waals surface area contributed by atoms with Gasteiger partial charge in [0.05, 0.1) is 30.3 Å². The molecular formula is C24H16F4N6O. The first kappa shape index (κ1) is 22.3. The van der Waals surface area contributed by atoms with E-state index in [1.165, 1.54) is 18.6 Å². The molecule has 35 heavy (non-hydrogen) atoms. The van der Waals surface area contributed by atoms with Gasteiger partial charge in [0.2, 0.25) is 0 Å². The number of amides is 1. The summed E-state index contributed by atoms with van der Waals surface area (Å²) in [6.07, 6.45) is 5.51. The van der Waals surface area contributed by atoms with Crippen LogP contribution in [-0.4, -0.2) is 30.3 Å². The Hall–Kier alpha value is -4.54. The van der Waals surface area contributed by atoms with Crippen LogP contribution in [0.25, 0.3) is 16.9 Å². The Labute approximate surface area is 195 Å². The second-order valence-corrected chi connectivity index (χ2v) is 7.82. The summed E-state index contributed by atoms with van der Waals surface area (Å²) in [7, 11) is 0. The summed E-state index contributed by atoms with van der Waals surface area (Å²) in [5, 5.41) is 10.8. The van der Waals surface area contributed by atoms with E-state index in [4.69, 9.17) is 0 Å². The lowest BCUT2D eigenvalue weighted by atomic mass is 10.1. The average Bonchev–Trinajstić information content (AvgIpc) is 3.48. The quantitative estimate of drug-likeness (QED) is 0.224. The highest BCUT2D eigenvalue weighted by molar-refractivity contribution is 6.08. The van der Waals surface area contributed by atoms with Gasteiger partial charge >= 0.3 is 0 Å². The van der Waals surface area contributed by atoms with Gasteiger partial charge in [-0.2, -0.15) is 10.2 Å². The van der Waals surface area contributed by atoms with Crippen LogP contribution < -0.4 is 5.32 Å². The first-order chi connectivity index (χ1) is 16.8. The van der Waals surface area contributed by atoms with Crippen molar-refractivity contribution in [2.24, 2.45) is 0 Å². The van der Waals surface area contributed by atoms with Crippen molar-refractivity contribution in [3.63, 3.8) is 0 Å². The Balaban J connectivity index is 1.38. The van der Waals surface area contributed by atoms with Crippen LogP contribution in [0.2, 0.25) is 0 Å². The number of nitrogens with one attached hydrogen (secondary N) is 1. The fourth-order valence-electron chi connectivity index (χ4n) is 3.62. The maximum absolute atomic E-state index is 14.0. The molecule has 0 aliphatic carbocycles. The molecule has 176 valence electrons. The van der Waals surface area contributed by atoms with Crippen molar-refractivity contribution in [1.82, 2.24) is 24.4 Å². The van der Waals surface area contributed by atoms with Crippen LogP contribution in [0, 0.1) is 30.2 Å². The van der Waals surface area contributed by atoms with Gasteiger partial charge in [-0.1, -0.05) is 29.8 Å². The number of benzene rings is 2. The first-order valence-corrected chi connectivity index (χ1v) is 10.4. The standard InChI is InChI=1S/C24H16F4N6O/c1-13-2-4-14(5-3-13)20-6-7-29-23-16(10-31-34(20)23)24(35)32-15-9-30-33(11-15)12-17-18(25)8-19(26)22(28)21(17)27/h2-11H,12H2,1H3,(H,32,35). The molecule has 7 nitrogen and oxygen atoms in total. The molecule has 0 atom stereocenters. The maximum atomic E-state index is 14.0. The van der Waals surface area contributed by atoms with Crippen molar-refractivity contribution >= 4 is 17.2 Å². The molecule has 0 aliphatic heterocycles. The van der Waals surface area contributed by atoms with Gasteiger partial charge in [0.15, 0.2) is 23.1 Å². The van der Waals surface area contributed by atoms with E-state index in [0.29, 0.717) is 5.65 Å². The Morgan fingerprint density at radius 2 is 1.74 bits per heavy atom. The van der Waals surface area contributed by atoms with Gasteiger partial charge in [-0.05, 0) is 13.0 Å². The zero-order valence-electron chi connectivity index (χ0n) is 18.1. The summed E-state index contributed by atoms with van der Waals surface area (Å²) in [5.74, 6) is -6.80. The Kier molecular flexibility index (Phi) is 5.51. The SMILES string of the molecule is Cc1ccc(-c2ccnc3c(C(=O)Nc4cnn(Cc5c(F)cc(F)c(F)c5F)c4)cnn23)cc1. The van der Waals surface area contributed by atoms with Gasteiger partial charge in [-0.25, -0.2) is 27.1 Å². The first-order valence-electron chi connectivity index (χ1n) is 10.4. The summed E-state index contributed by atoms with van der Waals surface area (Å²) in [5.41, 5.74) is 2.81. The lowest BCUT2D eigenvalue weighted by Crippen LogP contribution is -2.12. The molecule has 0 radical (unpaired) electrons. The molecule has 0 spiro atoms. The molecule has 3 aromatic heterocycles. The Bertz CT molecular complexity index is 1580. The Morgan fingerprint density at radius 3 is 2.51 bits per heavy atom. The molecule has 0 fully saturated rings. The minimum Gasteiger partial charge on any atom is -0.319 e. The molecule has 0 aliphatic rings. The van der Waals surface area contributed by atoms with Crippen LogP contribution in [-0.2, 0) is 6.54 Å². The summed E-state index contributed by atoms with van der Waals surface area (Å²) < 4.78 is 57.1. The van der Waals surface area contributed by atoms with Crippen LogP contribution >= 0.6 is 0 Å². The highest BCUT2D eigenvalue weighted by atomic mass is 19.2. The third-order valence-corrected chi connectivity index (χ3v) is 5.41. The number of nitrogens with zero attached hydrogens (tertiary/aromatic N) is 5. The lowest BCUT2D eigenvalue weighted by Gasteiger charge is -2.07. The van der Waals surface area contributed by atoms with Gasteiger partial charge in [-0.15, -0.1) is 0 Å². The second kappa shape index (κ2) is 8.67. The molecule has 1 amide bonds. The van der Waals surface area contributed by atoms with E-state index in [0.717, 1.165) is 21.5 Å². The van der Waals surface area contributed by atoms with Gasteiger partial charge in [0.1, 0.15) is 11.4 Å². The van der Waals surface area contributed by atoms with Crippen LogP contribution in [0.1, 0.15) is 21.5 Å². The number of rotatable bonds is 5. The highest BCUT2D eigenvalue weighted by Gasteiger charge is 2.20.